The van der Waals surface area contributed by atoms with E-state index in [1.165, 1.54) is 0 Å². The number of esters is 1. The summed E-state index contributed by atoms with van der Waals surface area (Å²) < 4.78 is 42.8. The molecule has 13 N–H and O–H groups in total. The second-order valence-corrected chi connectivity index (χ2v) is 26.3. The van der Waals surface area contributed by atoms with Gasteiger partial charge in [-0.1, -0.05) is 65.3 Å². The lowest BCUT2D eigenvalue weighted by atomic mass is 9.32. The number of Topliss-reactive ketones (excluding diaryl/α,β-unsaturated/α-hetero) is 1. The van der Waals surface area contributed by atoms with Crippen molar-refractivity contribution in [3.63, 3.8) is 0 Å². The molecule has 460 valence electrons. The predicted octanol–water partition coefficient (Wildman–Crippen LogP) is -0.101. The topological polar surface area (TPSA) is 379 Å². The van der Waals surface area contributed by atoms with E-state index in [0.29, 0.717) is 43.3 Å². The molecule has 81 heavy (non-hydrogen) atoms. The van der Waals surface area contributed by atoms with Gasteiger partial charge in [-0.3, -0.25) is 4.79 Å². The van der Waals surface area contributed by atoms with Crippen LogP contribution in [-0.2, 0) is 47.5 Å². The van der Waals surface area contributed by atoms with Crippen LogP contribution in [0.2, 0.25) is 0 Å². The Morgan fingerprint density at radius 1 is 0.667 bits per heavy atom. The molecule has 23 heteroatoms. The van der Waals surface area contributed by atoms with E-state index in [4.69, 9.17) is 33.2 Å². The summed E-state index contributed by atoms with van der Waals surface area (Å²) in [6.45, 7) is 16.1. The average Bonchev–Trinajstić information content (AvgIpc) is 1.99. The zero-order valence-corrected chi connectivity index (χ0v) is 48.1. The summed E-state index contributed by atoms with van der Waals surface area (Å²) in [6.07, 6.45) is -23.7. The lowest BCUT2D eigenvalue weighted by molar-refractivity contribution is -0.387. The molecule has 5 aliphatic carbocycles. The Morgan fingerprint density at radius 3 is 1.80 bits per heavy atom. The fourth-order valence-corrected chi connectivity index (χ4v) is 16.7. The molecule has 0 spiro atoms. The van der Waals surface area contributed by atoms with Gasteiger partial charge in [0.25, 0.3) is 0 Å². The number of carbonyl (C=O) groups is 3. The third kappa shape index (κ3) is 10.0. The van der Waals surface area contributed by atoms with Crippen molar-refractivity contribution in [3.05, 3.63) is 34.9 Å². The number of rotatable bonds is 16. The van der Waals surface area contributed by atoms with Crippen molar-refractivity contribution >= 4 is 17.7 Å². The van der Waals surface area contributed by atoms with Gasteiger partial charge in [-0.25, -0.2) is 9.59 Å². The number of ether oxygens (including phenoxy) is 7. The first-order valence-electron chi connectivity index (χ1n) is 28.6. The van der Waals surface area contributed by atoms with Crippen molar-refractivity contribution < 1.29 is 114 Å². The number of ketones is 1. The van der Waals surface area contributed by atoms with E-state index in [2.05, 4.69) is 19.9 Å². The predicted molar refractivity (Wildman–Crippen MR) is 281 cm³/mol. The molecule has 0 amide bonds. The summed E-state index contributed by atoms with van der Waals surface area (Å²) in [4.78, 5) is 40.6. The summed E-state index contributed by atoms with van der Waals surface area (Å²) in [5.74, 6) is -4.45. The maximum Gasteiger partial charge on any atom is 0.335 e. The minimum Gasteiger partial charge on any atom is -0.479 e. The Kier molecular flexibility index (Phi) is 18.5. The van der Waals surface area contributed by atoms with Gasteiger partial charge in [0, 0.05) is 28.7 Å². The molecule has 3 heterocycles. The van der Waals surface area contributed by atoms with Crippen molar-refractivity contribution in [2.24, 2.45) is 56.2 Å². The smallest absolute Gasteiger partial charge is 0.335 e. The maximum atomic E-state index is 13.9. The number of carboxylic acids is 1. The monoisotopic (exact) mass is 1150 g/mol. The zero-order chi connectivity index (χ0) is 60.0. The van der Waals surface area contributed by atoms with Crippen LogP contribution in [0.3, 0.4) is 0 Å². The number of hydrogen-bond donors (Lipinski definition) is 13. The number of aliphatic hydroxyl groups is 12. The van der Waals surface area contributed by atoms with Crippen LogP contribution in [0.25, 0.3) is 0 Å². The van der Waals surface area contributed by atoms with Gasteiger partial charge in [0.05, 0.1) is 50.2 Å². The molecule has 0 aromatic heterocycles. The number of hydrogen-bond acceptors (Lipinski definition) is 22. The van der Waals surface area contributed by atoms with Crippen LogP contribution in [0.5, 0.6) is 0 Å². The van der Waals surface area contributed by atoms with E-state index in [0.717, 1.165) is 5.57 Å². The van der Waals surface area contributed by atoms with E-state index in [1.807, 2.05) is 27.7 Å². The van der Waals surface area contributed by atoms with E-state index in [-0.39, 0.29) is 30.5 Å². The zero-order valence-electron chi connectivity index (χ0n) is 48.1. The highest BCUT2D eigenvalue weighted by atomic mass is 16.8. The molecule has 3 aliphatic heterocycles. The maximum absolute atomic E-state index is 13.9. The Bertz CT molecular complexity index is 2410. The van der Waals surface area contributed by atoms with Crippen LogP contribution in [-0.4, -0.2) is 221 Å². The van der Waals surface area contributed by atoms with Crippen LogP contribution in [0.1, 0.15) is 114 Å². The minimum atomic E-state index is -2.17. The first-order valence-corrected chi connectivity index (χ1v) is 28.6. The third-order valence-corrected chi connectivity index (χ3v) is 22.1. The quantitative estimate of drug-likeness (QED) is 0.0415. The molecule has 11 unspecified atom stereocenters. The highest BCUT2D eigenvalue weighted by molar-refractivity contribution is 5.95. The highest BCUT2D eigenvalue weighted by Gasteiger charge is 2.76. The third-order valence-electron chi connectivity index (χ3n) is 22.1. The fraction of sp³-hybridized carbons (Fsp3) is 0.845. The van der Waals surface area contributed by atoms with Crippen molar-refractivity contribution in [1.29, 1.82) is 0 Å². The molecule has 27 atom stereocenters. The Labute approximate surface area is 472 Å². The molecular formula is C58H90O23. The van der Waals surface area contributed by atoms with E-state index >= 15 is 0 Å². The minimum absolute atomic E-state index is 0.0386. The van der Waals surface area contributed by atoms with Gasteiger partial charge in [-0.2, -0.15) is 0 Å². The Hall–Kier alpha value is -2.89. The van der Waals surface area contributed by atoms with Crippen molar-refractivity contribution in [3.8, 4) is 0 Å². The molecule has 0 radical (unpaired) electrons. The lowest BCUT2D eigenvalue weighted by Crippen LogP contribution is -2.75. The Balaban J connectivity index is 1.15. The number of carbonyl (C=O) groups excluding carboxylic acids is 2. The fourth-order valence-electron chi connectivity index (χ4n) is 16.7. The first-order chi connectivity index (χ1) is 37.9. The van der Waals surface area contributed by atoms with Crippen LogP contribution in [0, 0.1) is 56.2 Å². The molecule has 8 aliphatic rings. The van der Waals surface area contributed by atoms with E-state index in [9.17, 15) is 80.8 Å². The van der Waals surface area contributed by atoms with Crippen molar-refractivity contribution in [1.82, 2.24) is 0 Å². The molecule has 3 saturated heterocycles. The van der Waals surface area contributed by atoms with Crippen molar-refractivity contribution in [2.75, 3.05) is 26.4 Å². The van der Waals surface area contributed by atoms with E-state index in [1.54, 1.807) is 39.8 Å². The number of aliphatic carboxylic acids is 1. The Morgan fingerprint density at radius 2 is 1.25 bits per heavy atom. The van der Waals surface area contributed by atoms with Gasteiger partial charge >= 0.3 is 11.9 Å². The molecule has 0 bridgehead atoms. The average molecular weight is 1160 g/mol. The van der Waals surface area contributed by atoms with Gasteiger partial charge < -0.3 is 99.5 Å². The first kappa shape index (κ1) is 64.1. The lowest BCUT2D eigenvalue weighted by Gasteiger charge is -2.73. The number of fused-ring (bicyclic) bond motifs is 7. The van der Waals surface area contributed by atoms with Gasteiger partial charge in [0.15, 0.2) is 30.8 Å². The highest BCUT2D eigenvalue weighted by Crippen LogP contribution is 2.76. The van der Waals surface area contributed by atoms with Gasteiger partial charge in [0.1, 0.15) is 67.1 Å². The molecule has 8 rings (SSSR count). The summed E-state index contributed by atoms with van der Waals surface area (Å²) in [5, 5.41) is 146. The summed E-state index contributed by atoms with van der Waals surface area (Å²) in [6, 6.07) is 0. The van der Waals surface area contributed by atoms with Crippen molar-refractivity contribution in [2.45, 2.75) is 225 Å². The molecule has 0 aromatic rings. The number of carboxylic acid groups (broad SMARTS) is 1. The van der Waals surface area contributed by atoms with Crippen LogP contribution in [0.15, 0.2) is 34.9 Å². The summed E-state index contributed by atoms with van der Waals surface area (Å²) >= 11 is 0. The SMILES string of the molecule is C/C=C(/C)C(=O)C[C@H]1[C@H](OC(=O)/C(C)=C\C)[C@@]2(CO)C(CC1(C)C)C1=CCC3[C@@]4(C)CC[C@H](O[C@@H]5OC(C(=O)O)[C@@H](O)C(O[C@@H]6O[C@@H](CO)C(O)C6O)C5O[C@@H]5OC(CO)[C@@H](O)C(O)C5O)[C@](C)(CO)C4CC[C@@]3(C)[C@]1(C)[C@@H](O)[C@H]2O. The molecule has 7 fully saturated rings. The normalized spacial score (nSPS) is 49.8. The van der Waals surface area contributed by atoms with Gasteiger partial charge in [-0.05, 0) is 106 Å². The number of allylic oxidation sites excluding steroid dienone is 4. The van der Waals surface area contributed by atoms with Gasteiger partial charge in [0.2, 0.25) is 0 Å². The van der Waals surface area contributed by atoms with Crippen LogP contribution in [0.4, 0.5) is 0 Å². The van der Waals surface area contributed by atoms with Crippen LogP contribution < -0.4 is 0 Å². The van der Waals surface area contributed by atoms with Gasteiger partial charge in [-0.15, -0.1) is 0 Å². The molecule has 0 aromatic carbocycles. The number of aliphatic hydroxyl groups excluding tert-OH is 12. The standard InChI is InChI=1S/C58H90O23/c1-11-25(3)30(63)19-28-47(81-49(74)26(4)12-2)58(24-62)29(20-53(28,5)6)27-13-14-34-54(7)17-16-35(55(8,23-61)33(54)15-18-56(34,9)57(27,10)45(70)46(58)71)77-52-44(80-51-40(68)38(66)36(64)31(21-59)75-51)42(41(69)43(79-52)48(72)73)78-50-39(67)37(65)32(22-60)76-50/h11-13,28-29,31-47,50-52,59-62,64-71H,14-24H2,1-10H3,(H,72,73)/b25-11-,26-12-/t28-,29?,31?,32-,33?,34?,35-,36+,37?,38?,39?,40?,41-,42?,43?,44?,45-,46+,47-,50-,51-,52+,54-,55+,56+,57-,58-/m0/s1. The second kappa shape index (κ2) is 23.4. The second-order valence-electron chi connectivity index (χ2n) is 26.3. The molecular weight excluding hydrogens is 1060 g/mol. The van der Waals surface area contributed by atoms with Crippen LogP contribution >= 0.6 is 0 Å². The summed E-state index contributed by atoms with van der Waals surface area (Å²) in [5.41, 5.74) is -4.47. The largest absolute Gasteiger partial charge is 0.479 e. The molecule has 23 nitrogen and oxygen atoms in total. The van der Waals surface area contributed by atoms with E-state index < -0.39 is 193 Å². The molecule has 4 saturated carbocycles. The summed E-state index contributed by atoms with van der Waals surface area (Å²) in [7, 11) is 0.